The zero-order valence-electron chi connectivity index (χ0n) is 16.1. The zero-order chi connectivity index (χ0) is 22.0. The topological polar surface area (TPSA) is 147 Å². The van der Waals surface area contributed by atoms with Crippen LogP contribution in [-0.4, -0.2) is 59.5 Å². The fraction of sp³-hybridized carbons (Fsp3) is 0.421. The van der Waals surface area contributed by atoms with E-state index in [-0.39, 0.29) is 32.3 Å². The van der Waals surface area contributed by atoms with Crippen molar-refractivity contribution in [2.24, 2.45) is 0 Å². The summed E-state index contributed by atoms with van der Waals surface area (Å²) in [6.07, 6.45) is -1.03. The molecule has 0 aromatic heterocycles. The quantitative estimate of drug-likeness (QED) is 0.582. The van der Waals surface area contributed by atoms with E-state index in [0.717, 1.165) is 0 Å². The van der Waals surface area contributed by atoms with Gasteiger partial charge in [0.1, 0.15) is 18.4 Å². The molecule has 3 aliphatic rings. The van der Waals surface area contributed by atoms with E-state index < -0.39 is 47.7 Å². The van der Waals surface area contributed by atoms with Gasteiger partial charge in [-0.1, -0.05) is 18.2 Å². The summed E-state index contributed by atoms with van der Waals surface area (Å²) >= 11 is 0. The largest absolute Gasteiger partial charge is 0.450 e. The number of hydrogen-bond acceptors (Lipinski definition) is 10. The molecule has 1 aromatic carbocycles. The highest BCUT2D eigenvalue weighted by atomic mass is 17.0. The first-order chi connectivity index (χ1) is 14.9. The molecule has 0 radical (unpaired) electrons. The fourth-order valence-electron chi connectivity index (χ4n) is 3.19. The van der Waals surface area contributed by atoms with Gasteiger partial charge in [0.05, 0.1) is 6.42 Å². The van der Waals surface area contributed by atoms with Crippen LogP contribution < -0.4 is 10.1 Å². The van der Waals surface area contributed by atoms with Gasteiger partial charge in [-0.15, -0.1) is 0 Å². The number of ether oxygens (including phenoxy) is 3. The summed E-state index contributed by atoms with van der Waals surface area (Å²) in [5.41, 5.74) is 0. The van der Waals surface area contributed by atoms with Gasteiger partial charge in [0.15, 0.2) is 0 Å². The lowest BCUT2D eigenvalue weighted by atomic mass is 10.1. The molecule has 2 unspecified atom stereocenters. The van der Waals surface area contributed by atoms with Crippen LogP contribution in [0.5, 0.6) is 5.75 Å². The van der Waals surface area contributed by atoms with Crippen molar-refractivity contribution in [1.29, 1.82) is 0 Å². The van der Waals surface area contributed by atoms with E-state index in [1.165, 1.54) is 0 Å². The Morgan fingerprint density at radius 1 is 1.10 bits per heavy atom. The van der Waals surface area contributed by atoms with Gasteiger partial charge in [-0.05, 0) is 17.4 Å². The molecule has 3 fully saturated rings. The van der Waals surface area contributed by atoms with Crippen molar-refractivity contribution < 1.29 is 47.9 Å². The summed E-state index contributed by atoms with van der Waals surface area (Å²) in [5, 5.41) is 2.72. The number of rotatable bonds is 6. The molecule has 2 amide bonds. The van der Waals surface area contributed by atoms with E-state index in [1.54, 1.807) is 30.3 Å². The van der Waals surface area contributed by atoms with Gasteiger partial charge < -0.3 is 24.4 Å². The number of nitrogens with zero attached hydrogens (tertiary/aromatic N) is 1. The van der Waals surface area contributed by atoms with Gasteiger partial charge >= 0.3 is 35.5 Å². The number of benzene rings is 1. The van der Waals surface area contributed by atoms with Crippen LogP contribution in [0.4, 0.5) is 0 Å². The number of para-hydroxylation sites is 1. The Bertz CT molecular complexity index is 920. The smallest absolute Gasteiger partial charge is 0.375 e. The summed E-state index contributed by atoms with van der Waals surface area (Å²) in [6, 6.07) is 7.06. The second-order valence-corrected chi connectivity index (χ2v) is 6.99. The zero-order valence-corrected chi connectivity index (χ0v) is 16.1. The predicted molar refractivity (Wildman–Crippen MR) is 95.1 cm³/mol. The standard InChI is InChI=1S/C19H18N2O10/c22-14-7-6-13(28-14)17(25)31-21-16(24)12(10-27-21)20-18(26)19(9-8-15(23)30-19)29-11-4-2-1-3-5-11/h1-5,12-13H,6-10H2,(H,20,26)/t12-,13?,19?/m0/s1. The maximum atomic E-state index is 12.9. The number of hydroxylamine groups is 2. The third kappa shape index (κ3) is 4.28. The molecule has 12 heteroatoms. The molecule has 12 nitrogen and oxygen atoms in total. The van der Waals surface area contributed by atoms with Crippen LogP contribution in [-0.2, 0) is 43.1 Å². The second kappa shape index (κ2) is 8.22. The first-order valence-electron chi connectivity index (χ1n) is 9.51. The SMILES string of the molecule is O=C1CCC(C(=O)ON2OC[C@H](NC(=O)C3(Oc4ccccc4)CCC(=O)O3)C2=O)O1. The van der Waals surface area contributed by atoms with E-state index in [0.29, 0.717) is 11.0 Å². The maximum absolute atomic E-state index is 12.9. The Morgan fingerprint density at radius 2 is 1.87 bits per heavy atom. The average molecular weight is 434 g/mol. The Hall–Kier alpha value is -3.67. The van der Waals surface area contributed by atoms with Gasteiger partial charge in [-0.3, -0.25) is 19.2 Å². The number of amides is 2. The lowest BCUT2D eigenvalue weighted by Gasteiger charge is -2.27. The number of hydrogen-bond donors (Lipinski definition) is 1. The highest BCUT2D eigenvalue weighted by molar-refractivity contribution is 5.94. The molecule has 3 heterocycles. The minimum absolute atomic E-state index is 0.0424. The van der Waals surface area contributed by atoms with Crippen LogP contribution in [0.1, 0.15) is 25.7 Å². The molecule has 0 aliphatic carbocycles. The Morgan fingerprint density at radius 3 is 2.52 bits per heavy atom. The molecule has 3 atom stereocenters. The number of cyclic esters (lactones) is 2. The Labute approximate surface area is 175 Å². The van der Waals surface area contributed by atoms with Crippen LogP contribution in [0.2, 0.25) is 0 Å². The van der Waals surface area contributed by atoms with Crippen molar-refractivity contribution in [1.82, 2.24) is 10.5 Å². The minimum atomic E-state index is -1.94. The number of esters is 2. The van der Waals surface area contributed by atoms with Gasteiger partial charge in [0, 0.05) is 19.3 Å². The third-order valence-corrected chi connectivity index (χ3v) is 4.77. The van der Waals surface area contributed by atoms with E-state index in [4.69, 9.17) is 23.9 Å². The minimum Gasteiger partial charge on any atom is -0.450 e. The van der Waals surface area contributed by atoms with Crippen LogP contribution in [0, 0.1) is 0 Å². The molecule has 31 heavy (non-hydrogen) atoms. The lowest BCUT2D eigenvalue weighted by molar-refractivity contribution is -0.306. The molecule has 3 saturated heterocycles. The van der Waals surface area contributed by atoms with Crippen LogP contribution in [0.3, 0.4) is 0 Å². The summed E-state index contributed by atoms with van der Waals surface area (Å²) in [7, 11) is 0. The van der Waals surface area contributed by atoms with Crippen molar-refractivity contribution in [2.75, 3.05) is 6.61 Å². The summed E-state index contributed by atoms with van der Waals surface area (Å²) in [5.74, 6) is -5.52. The molecule has 3 aliphatic heterocycles. The first-order valence-corrected chi connectivity index (χ1v) is 9.51. The molecule has 1 N–H and O–H groups in total. The van der Waals surface area contributed by atoms with E-state index in [9.17, 15) is 24.0 Å². The van der Waals surface area contributed by atoms with Crippen molar-refractivity contribution in [3.8, 4) is 5.75 Å². The third-order valence-electron chi connectivity index (χ3n) is 4.77. The maximum Gasteiger partial charge on any atom is 0.375 e. The molecule has 0 bridgehead atoms. The Balaban J connectivity index is 1.39. The normalized spacial score (nSPS) is 27.6. The lowest BCUT2D eigenvalue weighted by Crippen LogP contribution is -2.55. The molecule has 1 aromatic rings. The second-order valence-electron chi connectivity index (χ2n) is 6.99. The van der Waals surface area contributed by atoms with Crippen molar-refractivity contribution in [2.45, 2.75) is 43.6 Å². The summed E-state index contributed by atoms with van der Waals surface area (Å²) in [4.78, 5) is 69.9. The number of nitrogens with one attached hydrogen (secondary N) is 1. The highest BCUT2D eigenvalue weighted by Crippen LogP contribution is 2.31. The van der Waals surface area contributed by atoms with Gasteiger partial charge in [0.25, 0.3) is 0 Å². The van der Waals surface area contributed by atoms with Crippen molar-refractivity contribution in [3.63, 3.8) is 0 Å². The predicted octanol–water partition coefficient (Wildman–Crippen LogP) is -0.479. The van der Waals surface area contributed by atoms with E-state index in [2.05, 4.69) is 5.32 Å². The summed E-state index contributed by atoms with van der Waals surface area (Å²) in [6.45, 7) is -0.336. The van der Waals surface area contributed by atoms with Gasteiger partial charge in [-0.2, -0.15) is 0 Å². The van der Waals surface area contributed by atoms with E-state index >= 15 is 0 Å². The fourth-order valence-corrected chi connectivity index (χ4v) is 3.19. The summed E-state index contributed by atoms with van der Waals surface area (Å²) < 4.78 is 15.6. The molecule has 0 saturated carbocycles. The van der Waals surface area contributed by atoms with Crippen LogP contribution in [0.25, 0.3) is 0 Å². The van der Waals surface area contributed by atoms with Crippen molar-refractivity contribution in [3.05, 3.63) is 30.3 Å². The van der Waals surface area contributed by atoms with Crippen LogP contribution >= 0.6 is 0 Å². The van der Waals surface area contributed by atoms with Crippen molar-refractivity contribution >= 4 is 29.7 Å². The number of carbonyl (C=O) groups excluding carboxylic acids is 5. The molecule has 4 rings (SSSR count). The molecular formula is C19H18N2O10. The number of carbonyl (C=O) groups is 5. The highest BCUT2D eigenvalue weighted by Gasteiger charge is 2.52. The molecular weight excluding hydrogens is 416 g/mol. The van der Waals surface area contributed by atoms with Gasteiger partial charge in [-0.25, -0.2) is 9.63 Å². The van der Waals surface area contributed by atoms with E-state index in [1.807, 2.05) is 0 Å². The first kappa shape index (κ1) is 20.6. The van der Waals surface area contributed by atoms with Crippen LogP contribution in [0.15, 0.2) is 30.3 Å². The van der Waals surface area contributed by atoms with Gasteiger partial charge in [0.2, 0.25) is 6.10 Å². The molecule has 164 valence electrons. The average Bonchev–Trinajstić information content (AvgIpc) is 3.44. The monoisotopic (exact) mass is 434 g/mol. The molecule has 0 spiro atoms. The Kier molecular flexibility index (Phi) is 5.46.